The molecule has 9 heteroatoms. The van der Waals surface area contributed by atoms with Gasteiger partial charge in [-0.3, -0.25) is 19.3 Å². The van der Waals surface area contributed by atoms with E-state index in [-0.39, 0.29) is 13.0 Å². The summed E-state index contributed by atoms with van der Waals surface area (Å²) in [6.45, 7) is 2.44. The van der Waals surface area contributed by atoms with Gasteiger partial charge in [-0.25, -0.2) is 9.69 Å². The van der Waals surface area contributed by atoms with Crippen molar-refractivity contribution in [3.8, 4) is 0 Å². The predicted molar refractivity (Wildman–Crippen MR) is 98.4 cm³/mol. The largest absolute Gasteiger partial charge is 0.427 e. The van der Waals surface area contributed by atoms with Crippen molar-refractivity contribution in [1.29, 1.82) is 0 Å². The van der Waals surface area contributed by atoms with Gasteiger partial charge < -0.3 is 15.2 Å². The second-order valence-electron chi connectivity index (χ2n) is 7.00. The molecule has 1 aromatic carbocycles. The first-order chi connectivity index (χ1) is 13.1. The van der Waals surface area contributed by atoms with E-state index < -0.39 is 41.6 Å². The van der Waals surface area contributed by atoms with Crippen LogP contribution in [0.25, 0.3) is 0 Å². The van der Waals surface area contributed by atoms with Gasteiger partial charge in [0.15, 0.2) is 0 Å². The maximum atomic E-state index is 12.9. The Morgan fingerprint density at radius 3 is 2.43 bits per heavy atom. The molecule has 0 spiro atoms. The highest BCUT2D eigenvalue weighted by molar-refractivity contribution is 6.09. The van der Waals surface area contributed by atoms with Crippen LogP contribution >= 0.6 is 0 Å². The van der Waals surface area contributed by atoms with E-state index in [4.69, 9.17) is 4.74 Å². The molecule has 152 valence electrons. The summed E-state index contributed by atoms with van der Waals surface area (Å²) in [4.78, 5) is 52.4. The number of carbonyl (C=O) groups excluding carboxylic acids is 4. The molecule has 0 aromatic heterocycles. The van der Waals surface area contributed by atoms with Gasteiger partial charge in [-0.1, -0.05) is 30.3 Å². The van der Waals surface area contributed by atoms with E-state index in [0.29, 0.717) is 4.90 Å². The molecule has 1 aliphatic rings. The summed E-state index contributed by atoms with van der Waals surface area (Å²) in [6.07, 6.45) is -1.67. The SMILES string of the molecule is CC(O)C(=O)OC(C)(C(=O)NCc1ccccc1)N1C(=O)CC(N(C)C)C1=O. The van der Waals surface area contributed by atoms with Crippen molar-refractivity contribution < 1.29 is 29.0 Å². The first-order valence-electron chi connectivity index (χ1n) is 8.84. The first kappa shape index (κ1) is 21.5. The Bertz CT molecular complexity index is 764. The van der Waals surface area contributed by atoms with Crippen molar-refractivity contribution in [3.05, 3.63) is 35.9 Å². The van der Waals surface area contributed by atoms with Crippen LogP contribution in [-0.4, -0.2) is 70.6 Å². The van der Waals surface area contributed by atoms with E-state index >= 15 is 0 Å². The third kappa shape index (κ3) is 4.37. The Morgan fingerprint density at radius 1 is 1.32 bits per heavy atom. The van der Waals surface area contributed by atoms with Gasteiger partial charge in [0.25, 0.3) is 17.5 Å². The summed E-state index contributed by atoms with van der Waals surface area (Å²) in [6, 6.07) is 8.22. The summed E-state index contributed by atoms with van der Waals surface area (Å²) in [5.74, 6) is -3.25. The number of rotatable bonds is 7. The molecule has 28 heavy (non-hydrogen) atoms. The highest BCUT2D eigenvalue weighted by atomic mass is 16.6. The van der Waals surface area contributed by atoms with Gasteiger partial charge in [-0.05, 0) is 26.6 Å². The van der Waals surface area contributed by atoms with Gasteiger partial charge in [-0.15, -0.1) is 0 Å². The van der Waals surface area contributed by atoms with Gasteiger partial charge in [0.1, 0.15) is 6.10 Å². The second kappa shape index (κ2) is 8.49. The van der Waals surface area contributed by atoms with Crippen molar-refractivity contribution in [3.63, 3.8) is 0 Å². The van der Waals surface area contributed by atoms with Crippen LogP contribution in [0.2, 0.25) is 0 Å². The quantitative estimate of drug-likeness (QED) is 0.481. The number of imide groups is 1. The monoisotopic (exact) mass is 391 g/mol. The summed E-state index contributed by atoms with van der Waals surface area (Å²) in [5.41, 5.74) is -1.44. The minimum atomic E-state index is -2.22. The van der Waals surface area contributed by atoms with Crippen LogP contribution in [0.1, 0.15) is 25.8 Å². The zero-order chi connectivity index (χ0) is 21.1. The van der Waals surface area contributed by atoms with Crippen LogP contribution < -0.4 is 5.32 Å². The minimum Gasteiger partial charge on any atom is -0.427 e. The minimum absolute atomic E-state index is 0.106. The molecule has 1 aromatic rings. The Kier molecular flexibility index (Phi) is 6.52. The molecule has 0 radical (unpaired) electrons. The van der Waals surface area contributed by atoms with E-state index in [2.05, 4.69) is 5.32 Å². The highest BCUT2D eigenvalue weighted by Gasteiger charge is 2.55. The molecule has 3 unspecified atom stereocenters. The number of ether oxygens (including phenoxy) is 1. The lowest BCUT2D eigenvalue weighted by Gasteiger charge is -2.35. The molecule has 3 atom stereocenters. The molecular formula is C19H25N3O6. The van der Waals surface area contributed by atoms with Crippen molar-refractivity contribution in [1.82, 2.24) is 15.1 Å². The molecule has 9 nitrogen and oxygen atoms in total. The number of benzene rings is 1. The van der Waals surface area contributed by atoms with Crippen LogP contribution in [0.15, 0.2) is 30.3 Å². The molecule has 0 saturated carbocycles. The summed E-state index contributed by atoms with van der Waals surface area (Å²) in [7, 11) is 3.27. The van der Waals surface area contributed by atoms with E-state index in [1.165, 1.54) is 13.8 Å². The van der Waals surface area contributed by atoms with E-state index in [0.717, 1.165) is 5.56 Å². The van der Waals surface area contributed by atoms with Crippen LogP contribution in [0.3, 0.4) is 0 Å². The Hall–Kier alpha value is -2.78. The molecule has 1 heterocycles. The van der Waals surface area contributed by atoms with E-state index in [9.17, 15) is 24.3 Å². The summed E-state index contributed by atoms with van der Waals surface area (Å²) in [5, 5.41) is 12.1. The third-order valence-electron chi connectivity index (χ3n) is 4.53. The fourth-order valence-corrected chi connectivity index (χ4v) is 2.88. The lowest BCUT2D eigenvalue weighted by atomic mass is 10.1. The van der Waals surface area contributed by atoms with Crippen molar-refractivity contribution in [2.24, 2.45) is 0 Å². The van der Waals surface area contributed by atoms with Gasteiger partial charge in [0.05, 0.1) is 12.5 Å². The zero-order valence-electron chi connectivity index (χ0n) is 16.3. The molecule has 0 bridgehead atoms. The fraction of sp³-hybridized carbons (Fsp3) is 0.474. The fourth-order valence-electron chi connectivity index (χ4n) is 2.88. The van der Waals surface area contributed by atoms with Gasteiger partial charge in [-0.2, -0.15) is 0 Å². The van der Waals surface area contributed by atoms with Gasteiger partial charge >= 0.3 is 5.97 Å². The molecule has 1 saturated heterocycles. The van der Waals surface area contributed by atoms with Crippen LogP contribution in [0, 0.1) is 0 Å². The third-order valence-corrected chi connectivity index (χ3v) is 4.53. The van der Waals surface area contributed by atoms with E-state index in [1.807, 2.05) is 6.07 Å². The van der Waals surface area contributed by atoms with Crippen molar-refractivity contribution in [2.45, 2.75) is 44.7 Å². The smallest absolute Gasteiger partial charge is 0.337 e. The molecular weight excluding hydrogens is 366 g/mol. The summed E-state index contributed by atoms with van der Waals surface area (Å²) >= 11 is 0. The highest BCUT2D eigenvalue weighted by Crippen LogP contribution is 2.28. The molecule has 2 N–H and O–H groups in total. The topological polar surface area (TPSA) is 116 Å². The second-order valence-corrected chi connectivity index (χ2v) is 7.00. The Morgan fingerprint density at radius 2 is 1.93 bits per heavy atom. The van der Waals surface area contributed by atoms with Gasteiger partial charge in [0, 0.05) is 13.5 Å². The number of amides is 3. The molecule has 0 aliphatic carbocycles. The lowest BCUT2D eigenvalue weighted by molar-refractivity contribution is -0.197. The number of nitrogens with zero attached hydrogens (tertiary/aromatic N) is 2. The van der Waals surface area contributed by atoms with Crippen molar-refractivity contribution >= 4 is 23.7 Å². The summed E-state index contributed by atoms with van der Waals surface area (Å²) < 4.78 is 5.17. The number of nitrogens with one attached hydrogen (secondary N) is 1. The maximum absolute atomic E-state index is 12.9. The number of aliphatic hydroxyl groups excluding tert-OH is 1. The predicted octanol–water partition coefficient (Wildman–Crippen LogP) is -0.368. The average Bonchev–Trinajstić information content (AvgIpc) is 2.95. The number of likely N-dealkylation sites (N-methyl/N-ethyl adjacent to an activating group) is 1. The van der Waals surface area contributed by atoms with Gasteiger partial charge in [0.2, 0.25) is 5.91 Å². The molecule has 1 aliphatic heterocycles. The van der Waals surface area contributed by atoms with E-state index in [1.54, 1.807) is 43.3 Å². The molecule has 1 fully saturated rings. The first-order valence-corrected chi connectivity index (χ1v) is 8.84. The lowest BCUT2D eigenvalue weighted by Crippen LogP contribution is -2.62. The number of hydrogen-bond acceptors (Lipinski definition) is 7. The normalized spacial score (nSPS) is 20.1. The standard InChI is InChI=1S/C19H25N3O6/c1-12(23)17(26)28-19(2,18(27)20-11-13-8-6-5-7-9-13)22-15(24)10-14(16(22)25)21(3)4/h5-9,12,14,23H,10-11H2,1-4H3,(H,20,27). The number of likely N-dealkylation sites (tertiary alicyclic amines) is 1. The Balaban J connectivity index is 2.31. The van der Waals surface area contributed by atoms with Crippen LogP contribution in [0.5, 0.6) is 0 Å². The molecule has 3 amide bonds. The van der Waals surface area contributed by atoms with Crippen LogP contribution in [0.4, 0.5) is 0 Å². The molecule has 2 rings (SSSR count). The zero-order valence-corrected chi connectivity index (χ0v) is 16.3. The number of esters is 1. The maximum Gasteiger partial charge on any atom is 0.337 e. The number of hydrogen-bond donors (Lipinski definition) is 2. The number of aliphatic hydroxyl groups is 1. The Labute approximate surface area is 163 Å². The van der Waals surface area contributed by atoms with Crippen LogP contribution in [-0.2, 0) is 30.5 Å². The average molecular weight is 391 g/mol. The van der Waals surface area contributed by atoms with Crippen molar-refractivity contribution in [2.75, 3.05) is 14.1 Å². The number of carbonyl (C=O) groups is 4.